The largest absolute Gasteiger partial charge is 0.490 e. The molecule has 10 nitrogen and oxygen atoms in total. The third kappa shape index (κ3) is 6.66. The van der Waals surface area contributed by atoms with Crippen LogP contribution in [-0.4, -0.2) is 45.4 Å². The molecule has 0 fully saturated rings. The number of nitrogens with one attached hydrogen (secondary N) is 1. The monoisotopic (exact) mass is 447 g/mol. The van der Waals surface area contributed by atoms with Crippen LogP contribution in [0.5, 0.6) is 0 Å². The number of carbonyl (C=O) groups is 1. The number of imidazole rings is 1. The Morgan fingerprint density at radius 3 is 2.50 bits per heavy atom. The van der Waals surface area contributed by atoms with E-state index >= 15 is 0 Å². The van der Waals surface area contributed by atoms with Crippen molar-refractivity contribution >= 4 is 16.0 Å². The second-order valence-electron chi connectivity index (χ2n) is 5.71. The van der Waals surface area contributed by atoms with Gasteiger partial charge in [-0.25, -0.2) is 22.9 Å². The van der Waals surface area contributed by atoms with E-state index < -0.39 is 22.2 Å². The number of benzene rings is 1. The van der Waals surface area contributed by atoms with Crippen LogP contribution < -0.4 is 4.72 Å². The first-order valence-electron chi connectivity index (χ1n) is 8.11. The third-order valence-electron chi connectivity index (χ3n) is 3.40. The zero-order chi connectivity index (χ0) is 22.4. The van der Waals surface area contributed by atoms with E-state index in [1.807, 2.05) is 0 Å². The predicted octanol–water partition coefficient (Wildman–Crippen LogP) is 1.73. The number of hydrogen-bond donors (Lipinski definition) is 2. The summed E-state index contributed by atoms with van der Waals surface area (Å²) >= 11 is 0. The first kappa shape index (κ1) is 23.0. The van der Waals surface area contributed by atoms with Crippen molar-refractivity contribution in [2.75, 3.05) is 0 Å². The minimum absolute atomic E-state index is 0.0530. The van der Waals surface area contributed by atoms with Crippen LogP contribution in [0.1, 0.15) is 17.3 Å². The van der Waals surface area contributed by atoms with Gasteiger partial charge >= 0.3 is 12.1 Å². The fourth-order valence-corrected chi connectivity index (χ4v) is 3.32. The number of aromatic nitrogens is 4. The minimum Gasteiger partial charge on any atom is -0.475 e. The average molecular weight is 447 g/mol. The van der Waals surface area contributed by atoms with E-state index in [1.54, 1.807) is 54.5 Å². The number of carboxylic acid groups (broad SMARTS) is 1. The summed E-state index contributed by atoms with van der Waals surface area (Å²) in [6.07, 6.45) is -0.0244. The molecule has 3 rings (SSSR count). The molecule has 3 aromatic rings. The molecule has 0 radical (unpaired) electrons. The Morgan fingerprint density at radius 1 is 1.30 bits per heavy atom. The summed E-state index contributed by atoms with van der Waals surface area (Å²) in [5, 5.41) is 10.8. The first-order valence-corrected chi connectivity index (χ1v) is 9.60. The lowest BCUT2D eigenvalue weighted by atomic mass is 10.2. The summed E-state index contributed by atoms with van der Waals surface area (Å²) in [6, 6.07) is 6.81. The van der Waals surface area contributed by atoms with Crippen LogP contribution in [0, 0.1) is 6.92 Å². The van der Waals surface area contributed by atoms with Crippen LogP contribution >= 0.6 is 0 Å². The zero-order valence-electron chi connectivity index (χ0n) is 15.4. The van der Waals surface area contributed by atoms with Gasteiger partial charge in [-0.1, -0.05) is 23.4 Å². The van der Waals surface area contributed by atoms with Gasteiger partial charge < -0.3 is 14.2 Å². The van der Waals surface area contributed by atoms with Gasteiger partial charge in [0.05, 0.1) is 17.8 Å². The maximum atomic E-state index is 12.5. The molecule has 0 amide bonds. The topological polar surface area (TPSA) is 140 Å². The summed E-state index contributed by atoms with van der Waals surface area (Å²) in [4.78, 5) is 17.0. The summed E-state index contributed by atoms with van der Waals surface area (Å²) in [5.74, 6) is -2.08. The lowest BCUT2D eigenvalue weighted by Gasteiger charge is -2.11. The summed E-state index contributed by atoms with van der Waals surface area (Å²) in [6.45, 7) is 2.03. The van der Waals surface area contributed by atoms with Gasteiger partial charge in [-0.2, -0.15) is 18.2 Å². The minimum atomic E-state index is -5.08. The Hall–Kier alpha value is -3.26. The van der Waals surface area contributed by atoms with Crippen LogP contribution in [0.2, 0.25) is 0 Å². The molecule has 0 saturated heterocycles. The molecule has 2 N–H and O–H groups in total. The number of rotatable bonds is 6. The lowest BCUT2D eigenvalue weighted by molar-refractivity contribution is -0.192. The number of alkyl halides is 3. The smallest absolute Gasteiger partial charge is 0.475 e. The number of aryl methyl sites for hydroxylation is 1. The molecule has 14 heteroatoms. The highest BCUT2D eigenvalue weighted by Crippen LogP contribution is 2.17. The summed E-state index contributed by atoms with van der Waals surface area (Å²) in [7, 11) is -3.69. The van der Waals surface area contributed by atoms with Crippen molar-refractivity contribution in [3.63, 3.8) is 0 Å². The van der Waals surface area contributed by atoms with Crippen molar-refractivity contribution in [2.45, 2.75) is 31.1 Å². The number of sulfonamides is 1. The maximum absolute atomic E-state index is 12.5. The first-order chi connectivity index (χ1) is 14.0. The number of halogens is 3. The zero-order valence-corrected chi connectivity index (χ0v) is 16.2. The molecule has 0 bridgehead atoms. The standard InChI is InChI=1S/C14H15N5O3S.C2HF3O2/c1-11-17-14(22-18-11)8-16-23(20,21)13-5-3-2-4-12(13)9-19-7-6-15-10-19;3-2(4,5)1(6)7/h2-7,10,16H,8-9H2,1H3;(H,6,7). The molecule has 0 aliphatic heterocycles. The molecule has 0 aliphatic carbocycles. The van der Waals surface area contributed by atoms with E-state index in [2.05, 4.69) is 19.8 Å². The molecule has 2 heterocycles. The van der Waals surface area contributed by atoms with Crippen LogP contribution in [0.3, 0.4) is 0 Å². The van der Waals surface area contributed by atoms with Gasteiger partial charge in [0, 0.05) is 18.9 Å². The van der Waals surface area contributed by atoms with Gasteiger partial charge in [0.2, 0.25) is 15.9 Å². The molecule has 2 aromatic heterocycles. The van der Waals surface area contributed by atoms with Crippen LogP contribution in [0.25, 0.3) is 0 Å². The van der Waals surface area contributed by atoms with E-state index in [-0.39, 0.29) is 17.3 Å². The van der Waals surface area contributed by atoms with Crippen molar-refractivity contribution in [2.24, 2.45) is 0 Å². The van der Waals surface area contributed by atoms with Crippen LogP contribution in [-0.2, 0) is 27.9 Å². The molecular weight excluding hydrogens is 431 g/mol. The van der Waals surface area contributed by atoms with E-state index in [0.717, 1.165) is 0 Å². The van der Waals surface area contributed by atoms with Gasteiger partial charge in [-0.05, 0) is 18.6 Å². The highest BCUT2D eigenvalue weighted by molar-refractivity contribution is 7.89. The number of hydrogen-bond acceptors (Lipinski definition) is 7. The number of nitrogens with zero attached hydrogens (tertiary/aromatic N) is 4. The Balaban J connectivity index is 0.000000396. The molecule has 0 saturated carbocycles. The van der Waals surface area contributed by atoms with Crippen LogP contribution in [0.15, 0.2) is 52.4 Å². The predicted molar refractivity (Wildman–Crippen MR) is 94.5 cm³/mol. The normalized spacial score (nSPS) is 11.6. The van der Waals surface area contributed by atoms with Crippen molar-refractivity contribution in [3.05, 3.63) is 60.3 Å². The van der Waals surface area contributed by atoms with Crippen LogP contribution in [0.4, 0.5) is 13.2 Å². The Labute approximate surface area is 168 Å². The second-order valence-corrected chi connectivity index (χ2v) is 7.44. The van der Waals surface area contributed by atoms with E-state index in [9.17, 15) is 21.6 Å². The molecule has 0 atom stereocenters. The maximum Gasteiger partial charge on any atom is 0.490 e. The van der Waals surface area contributed by atoms with E-state index in [4.69, 9.17) is 14.4 Å². The Morgan fingerprint density at radius 2 is 1.97 bits per heavy atom. The molecule has 30 heavy (non-hydrogen) atoms. The number of carboxylic acids is 1. The highest BCUT2D eigenvalue weighted by atomic mass is 32.2. The molecular formula is C16H16F3N5O5S. The SMILES string of the molecule is Cc1noc(CNS(=O)(=O)c2ccccc2Cn2ccnc2)n1.O=C(O)C(F)(F)F. The molecule has 0 aliphatic rings. The molecule has 0 unspecified atom stereocenters. The molecule has 162 valence electrons. The third-order valence-corrected chi connectivity index (χ3v) is 4.90. The average Bonchev–Trinajstić information content (AvgIpc) is 3.32. The van der Waals surface area contributed by atoms with Crippen molar-refractivity contribution in [1.29, 1.82) is 0 Å². The fourth-order valence-electron chi connectivity index (χ4n) is 2.12. The van der Waals surface area contributed by atoms with Gasteiger partial charge in [0.15, 0.2) is 5.82 Å². The summed E-state index contributed by atoms with van der Waals surface area (Å²) in [5.41, 5.74) is 0.666. The van der Waals surface area contributed by atoms with Gasteiger partial charge in [0.1, 0.15) is 0 Å². The number of aliphatic carboxylic acids is 1. The molecule has 1 aromatic carbocycles. The van der Waals surface area contributed by atoms with Gasteiger partial charge in [0.25, 0.3) is 0 Å². The lowest BCUT2D eigenvalue weighted by Crippen LogP contribution is -2.24. The Kier molecular flexibility index (Phi) is 7.28. The van der Waals surface area contributed by atoms with Gasteiger partial charge in [-0.3, -0.25) is 0 Å². The summed E-state index contributed by atoms with van der Waals surface area (Å²) < 4.78 is 66.0. The van der Waals surface area contributed by atoms with E-state index in [1.165, 1.54) is 0 Å². The van der Waals surface area contributed by atoms with Crippen molar-refractivity contribution in [3.8, 4) is 0 Å². The van der Waals surface area contributed by atoms with Crippen molar-refractivity contribution < 1.29 is 36.0 Å². The van der Waals surface area contributed by atoms with Gasteiger partial charge in [-0.15, -0.1) is 0 Å². The molecule has 0 spiro atoms. The van der Waals surface area contributed by atoms with Crippen molar-refractivity contribution in [1.82, 2.24) is 24.4 Å². The fraction of sp³-hybridized carbons (Fsp3) is 0.250. The van der Waals surface area contributed by atoms with E-state index in [0.29, 0.717) is 17.9 Å². The Bertz CT molecular complexity index is 1080. The second kappa shape index (κ2) is 9.49. The quantitative estimate of drug-likeness (QED) is 0.582. The highest BCUT2D eigenvalue weighted by Gasteiger charge is 2.38.